The van der Waals surface area contributed by atoms with E-state index in [1.165, 1.54) is 24.8 Å². The first-order valence-corrected chi connectivity index (χ1v) is 8.33. The third-order valence-corrected chi connectivity index (χ3v) is 4.62. The molecule has 3 nitrogen and oxygen atoms in total. The normalized spacial score (nSPS) is 29.0. The minimum atomic E-state index is 0.199. The van der Waals surface area contributed by atoms with Crippen molar-refractivity contribution in [3.63, 3.8) is 0 Å². The Labute approximate surface area is 128 Å². The summed E-state index contributed by atoms with van der Waals surface area (Å²) in [5, 5.41) is 3.68. The smallest absolute Gasteiger partial charge is 0.124 e. The van der Waals surface area contributed by atoms with E-state index in [1.807, 2.05) is 0 Å². The second-order valence-electron chi connectivity index (χ2n) is 6.51. The molecular weight excluding hydrogens is 262 g/mol. The van der Waals surface area contributed by atoms with E-state index in [4.69, 9.17) is 9.47 Å². The van der Waals surface area contributed by atoms with E-state index in [1.54, 1.807) is 0 Å². The van der Waals surface area contributed by atoms with Crippen LogP contribution in [-0.4, -0.2) is 24.9 Å². The molecule has 2 aliphatic rings. The van der Waals surface area contributed by atoms with Crippen LogP contribution in [0.1, 0.15) is 51.6 Å². The van der Waals surface area contributed by atoms with Gasteiger partial charge in [0.1, 0.15) is 5.75 Å². The molecule has 2 saturated heterocycles. The molecule has 2 bridgehead atoms. The molecule has 116 valence electrons. The molecule has 0 radical (unpaired) electrons. The van der Waals surface area contributed by atoms with Gasteiger partial charge in [-0.05, 0) is 45.7 Å². The highest BCUT2D eigenvalue weighted by Crippen LogP contribution is 2.46. The van der Waals surface area contributed by atoms with Crippen molar-refractivity contribution in [3.05, 3.63) is 29.8 Å². The van der Waals surface area contributed by atoms with Crippen molar-refractivity contribution >= 4 is 0 Å². The van der Waals surface area contributed by atoms with Gasteiger partial charge in [0.15, 0.2) is 0 Å². The lowest BCUT2D eigenvalue weighted by atomic mass is 9.80. The first-order chi connectivity index (χ1) is 10.2. The van der Waals surface area contributed by atoms with Gasteiger partial charge in [0, 0.05) is 17.5 Å². The van der Waals surface area contributed by atoms with Crippen LogP contribution in [0.2, 0.25) is 0 Å². The Morgan fingerprint density at radius 1 is 1.29 bits per heavy atom. The number of benzene rings is 1. The lowest BCUT2D eigenvalue weighted by Gasteiger charge is -2.31. The molecule has 1 aromatic carbocycles. The van der Waals surface area contributed by atoms with Gasteiger partial charge in [0.05, 0.1) is 18.3 Å². The number of nitrogens with one attached hydrogen (secondary N) is 1. The average Bonchev–Trinajstić information content (AvgIpc) is 3.08. The number of hydrogen-bond acceptors (Lipinski definition) is 3. The average molecular weight is 289 g/mol. The Bertz CT molecular complexity index is 474. The fraction of sp³-hybridized carbons (Fsp3) is 0.667. The van der Waals surface area contributed by atoms with Crippen molar-refractivity contribution in [1.29, 1.82) is 0 Å². The lowest BCUT2D eigenvalue weighted by molar-refractivity contribution is 0.0854. The van der Waals surface area contributed by atoms with Gasteiger partial charge in [-0.15, -0.1) is 0 Å². The van der Waals surface area contributed by atoms with Crippen molar-refractivity contribution < 1.29 is 9.47 Å². The zero-order valence-electron chi connectivity index (χ0n) is 13.3. The Morgan fingerprint density at radius 2 is 2.10 bits per heavy atom. The lowest BCUT2D eigenvalue weighted by Crippen LogP contribution is -2.34. The predicted octanol–water partition coefficient (Wildman–Crippen LogP) is 3.69. The van der Waals surface area contributed by atoms with Crippen LogP contribution in [0.4, 0.5) is 0 Å². The summed E-state index contributed by atoms with van der Waals surface area (Å²) in [4.78, 5) is 0. The molecule has 2 aliphatic heterocycles. The van der Waals surface area contributed by atoms with Crippen LogP contribution in [0.15, 0.2) is 24.3 Å². The number of hydrogen-bond donors (Lipinski definition) is 1. The molecule has 1 N–H and O–H groups in total. The second-order valence-corrected chi connectivity index (χ2v) is 6.51. The minimum Gasteiger partial charge on any atom is -0.491 e. The maximum Gasteiger partial charge on any atom is 0.124 e. The summed E-state index contributed by atoms with van der Waals surface area (Å²) >= 11 is 0. The van der Waals surface area contributed by atoms with Gasteiger partial charge in [-0.1, -0.05) is 25.1 Å². The SMILES string of the molecule is CCNC(c1ccccc1OC(C)C)C1CC2CCC1O2. The van der Waals surface area contributed by atoms with Crippen LogP contribution < -0.4 is 10.1 Å². The molecule has 0 aromatic heterocycles. The number of para-hydroxylation sites is 1. The monoisotopic (exact) mass is 289 g/mol. The number of fused-ring (bicyclic) bond motifs is 2. The topological polar surface area (TPSA) is 30.5 Å². The molecule has 4 atom stereocenters. The van der Waals surface area contributed by atoms with Crippen LogP contribution in [0.5, 0.6) is 5.75 Å². The van der Waals surface area contributed by atoms with Crippen molar-refractivity contribution in [2.45, 2.75) is 64.4 Å². The highest BCUT2D eigenvalue weighted by molar-refractivity contribution is 5.37. The molecule has 2 heterocycles. The highest BCUT2D eigenvalue weighted by atomic mass is 16.5. The minimum absolute atomic E-state index is 0.199. The van der Waals surface area contributed by atoms with Crippen LogP contribution in [0.25, 0.3) is 0 Å². The third-order valence-electron chi connectivity index (χ3n) is 4.62. The van der Waals surface area contributed by atoms with Crippen molar-refractivity contribution in [1.82, 2.24) is 5.32 Å². The van der Waals surface area contributed by atoms with Crippen LogP contribution >= 0.6 is 0 Å². The molecule has 0 aliphatic carbocycles. The summed E-state index contributed by atoms with van der Waals surface area (Å²) in [6, 6.07) is 8.80. The first kappa shape index (κ1) is 14.9. The third kappa shape index (κ3) is 3.09. The van der Waals surface area contributed by atoms with Gasteiger partial charge in [-0.25, -0.2) is 0 Å². The zero-order valence-corrected chi connectivity index (χ0v) is 13.3. The van der Waals surface area contributed by atoms with Gasteiger partial charge in [0.2, 0.25) is 0 Å². The summed E-state index contributed by atoms with van der Waals surface area (Å²) in [5.74, 6) is 1.59. The molecule has 3 heteroatoms. The van der Waals surface area contributed by atoms with E-state index in [2.05, 4.69) is 50.4 Å². The Hall–Kier alpha value is -1.06. The number of ether oxygens (including phenoxy) is 2. The van der Waals surface area contributed by atoms with E-state index in [-0.39, 0.29) is 6.10 Å². The van der Waals surface area contributed by atoms with Crippen LogP contribution in [0, 0.1) is 5.92 Å². The van der Waals surface area contributed by atoms with Gasteiger partial charge >= 0.3 is 0 Å². The fourth-order valence-corrected chi connectivity index (χ4v) is 3.84. The highest BCUT2D eigenvalue weighted by Gasteiger charge is 2.45. The fourth-order valence-electron chi connectivity index (χ4n) is 3.84. The van der Waals surface area contributed by atoms with Gasteiger partial charge in [-0.2, -0.15) is 0 Å². The van der Waals surface area contributed by atoms with Gasteiger partial charge in [0.25, 0.3) is 0 Å². The summed E-state index contributed by atoms with van der Waals surface area (Å²) < 4.78 is 12.1. The summed E-state index contributed by atoms with van der Waals surface area (Å²) in [7, 11) is 0. The standard InChI is InChI=1S/C18H27NO2/c1-4-19-18(15-11-13-9-10-17(15)21-13)14-7-5-6-8-16(14)20-12(2)3/h5-8,12-13,15,17-19H,4,9-11H2,1-3H3. The Balaban J connectivity index is 1.87. The van der Waals surface area contributed by atoms with Crippen molar-refractivity contribution in [2.24, 2.45) is 5.92 Å². The quantitative estimate of drug-likeness (QED) is 0.866. The molecule has 2 fully saturated rings. The molecule has 0 spiro atoms. The van der Waals surface area contributed by atoms with E-state index >= 15 is 0 Å². The van der Waals surface area contributed by atoms with Crippen molar-refractivity contribution in [2.75, 3.05) is 6.54 Å². The van der Waals surface area contributed by atoms with E-state index in [9.17, 15) is 0 Å². The molecule has 0 saturated carbocycles. The maximum atomic E-state index is 6.07. The number of rotatable bonds is 6. The second kappa shape index (κ2) is 6.37. The van der Waals surface area contributed by atoms with E-state index in [0.717, 1.165) is 12.3 Å². The summed E-state index contributed by atoms with van der Waals surface area (Å²) in [5.41, 5.74) is 1.29. The van der Waals surface area contributed by atoms with E-state index < -0.39 is 0 Å². The Kier molecular flexibility index (Phi) is 4.51. The molecule has 3 rings (SSSR count). The molecule has 21 heavy (non-hydrogen) atoms. The molecular formula is C18H27NO2. The largest absolute Gasteiger partial charge is 0.491 e. The van der Waals surface area contributed by atoms with Crippen LogP contribution in [-0.2, 0) is 4.74 Å². The molecule has 1 aromatic rings. The van der Waals surface area contributed by atoms with E-state index in [0.29, 0.717) is 24.2 Å². The summed E-state index contributed by atoms with van der Waals surface area (Å²) in [6.07, 6.45) is 4.74. The maximum absolute atomic E-state index is 6.07. The van der Waals surface area contributed by atoms with Gasteiger partial charge < -0.3 is 14.8 Å². The Morgan fingerprint density at radius 3 is 2.71 bits per heavy atom. The van der Waals surface area contributed by atoms with Crippen LogP contribution in [0.3, 0.4) is 0 Å². The van der Waals surface area contributed by atoms with Crippen molar-refractivity contribution in [3.8, 4) is 5.75 Å². The molecule has 0 amide bonds. The first-order valence-electron chi connectivity index (χ1n) is 8.33. The van der Waals surface area contributed by atoms with Gasteiger partial charge in [-0.3, -0.25) is 0 Å². The summed E-state index contributed by atoms with van der Waals surface area (Å²) in [6.45, 7) is 7.31. The zero-order chi connectivity index (χ0) is 14.8. The predicted molar refractivity (Wildman–Crippen MR) is 84.6 cm³/mol. The molecule has 4 unspecified atom stereocenters.